The summed E-state index contributed by atoms with van der Waals surface area (Å²) in [6.45, 7) is 6.09. The number of hydrogen-bond acceptors (Lipinski definition) is 3. The summed E-state index contributed by atoms with van der Waals surface area (Å²) in [5, 5.41) is 2.79. The van der Waals surface area contributed by atoms with E-state index in [0.717, 1.165) is 16.7 Å². The van der Waals surface area contributed by atoms with Gasteiger partial charge in [-0.2, -0.15) is 0 Å². The molecule has 0 radical (unpaired) electrons. The standard InChI is InChI=1S/C19H24N2O3S/c1-14-7-5-10-17(13-14)19(22)20-11-12-21(25(4,23)24)18-15(2)8-6-9-16(18)3/h5-10,13H,11-12H2,1-4H3,(H,20,22). The van der Waals surface area contributed by atoms with E-state index in [1.807, 2.05) is 51.1 Å². The van der Waals surface area contributed by atoms with Crippen LogP contribution in [0.2, 0.25) is 0 Å². The van der Waals surface area contributed by atoms with Crippen molar-refractivity contribution >= 4 is 21.6 Å². The molecule has 134 valence electrons. The lowest BCUT2D eigenvalue weighted by Gasteiger charge is -2.26. The zero-order valence-electron chi connectivity index (χ0n) is 15.0. The summed E-state index contributed by atoms with van der Waals surface area (Å²) in [6.07, 6.45) is 1.18. The molecular formula is C19H24N2O3S. The number of amides is 1. The molecule has 0 aromatic heterocycles. The maximum atomic E-state index is 12.2. The van der Waals surface area contributed by atoms with Gasteiger partial charge in [0.2, 0.25) is 10.0 Å². The number of sulfonamides is 1. The summed E-state index contributed by atoms with van der Waals surface area (Å²) >= 11 is 0. The highest BCUT2D eigenvalue weighted by atomic mass is 32.2. The van der Waals surface area contributed by atoms with Gasteiger partial charge in [-0.3, -0.25) is 9.10 Å². The first-order chi connectivity index (χ1) is 11.7. The number of para-hydroxylation sites is 1. The Bertz CT molecular complexity index is 856. The number of anilines is 1. The number of benzene rings is 2. The monoisotopic (exact) mass is 360 g/mol. The summed E-state index contributed by atoms with van der Waals surface area (Å²) in [5.74, 6) is -0.210. The summed E-state index contributed by atoms with van der Waals surface area (Å²) in [6, 6.07) is 12.9. The van der Waals surface area contributed by atoms with Gasteiger partial charge in [0.15, 0.2) is 0 Å². The van der Waals surface area contributed by atoms with Gasteiger partial charge in [-0.1, -0.05) is 35.9 Å². The molecule has 0 unspecified atom stereocenters. The van der Waals surface area contributed by atoms with E-state index in [1.54, 1.807) is 12.1 Å². The first-order valence-corrected chi connectivity index (χ1v) is 9.94. The number of rotatable bonds is 6. The van der Waals surface area contributed by atoms with Gasteiger partial charge in [0, 0.05) is 12.1 Å². The molecule has 2 aromatic carbocycles. The van der Waals surface area contributed by atoms with Gasteiger partial charge < -0.3 is 5.32 Å². The van der Waals surface area contributed by atoms with E-state index in [0.29, 0.717) is 11.3 Å². The van der Waals surface area contributed by atoms with Crippen LogP contribution in [-0.4, -0.2) is 33.7 Å². The van der Waals surface area contributed by atoms with E-state index in [9.17, 15) is 13.2 Å². The minimum absolute atomic E-state index is 0.183. The number of nitrogens with zero attached hydrogens (tertiary/aromatic N) is 1. The number of hydrogen-bond donors (Lipinski definition) is 1. The quantitative estimate of drug-likeness (QED) is 0.861. The number of carbonyl (C=O) groups excluding carboxylic acids is 1. The van der Waals surface area contributed by atoms with Crippen molar-refractivity contribution in [2.24, 2.45) is 0 Å². The van der Waals surface area contributed by atoms with Crippen molar-refractivity contribution < 1.29 is 13.2 Å². The molecule has 0 bridgehead atoms. The fraction of sp³-hybridized carbons (Fsp3) is 0.316. The molecule has 0 saturated heterocycles. The van der Waals surface area contributed by atoms with E-state index < -0.39 is 10.0 Å². The largest absolute Gasteiger partial charge is 0.350 e. The topological polar surface area (TPSA) is 66.5 Å². The fourth-order valence-electron chi connectivity index (χ4n) is 2.80. The maximum Gasteiger partial charge on any atom is 0.251 e. The molecule has 1 N–H and O–H groups in total. The molecule has 5 nitrogen and oxygen atoms in total. The van der Waals surface area contributed by atoms with E-state index >= 15 is 0 Å². The van der Waals surface area contributed by atoms with Crippen LogP contribution < -0.4 is 9.62 Å². The Labute approximate surface area is 149 Å². The third-order valence-electron chi connectivity index (χ3n) is 3.97. The highest BCUT2D eigenvalue weighted by Crippen LogP contribution is 2.26. The molecule has 2 rings (SSSR count). The Morgan fingerprint density at radius 3 is 2.20 bits per heavy atom. The van der Waals surface area contributed by atoms with E-state index in [4.69, 9.17) is 0 Å². The van der Waals surface area contributed by atoms with Crippen molar-refractivity contribution in [3.05, 3.63) is 64.7 Å². The first kappa shape index (κ1) is 19.0. The zero-order chi connectivity index (χ0) is 18.6. The van der Waals surface area contributed by atoms with Crippen molar-refractivity contribution in [1.82, 2.24) is 5.32 Å². The summed E-state index contributed by atoms with van der Waals surface area (Å²) in [5.41, 5.74) is 4.01. The molecule has 0 aliphatic carbocycles. The number of aryl methyl sites for hydroxylation is 3. The molecule has 0 atom stereocenters. The second-order valence-corrected chi connectivity index (χ2v) is 8.11. The van der Waals surface area contributed by atoms with Gasteiger partial charge in [-0.25, -0.2) is 8.42 Å². The van der Waals surface area contributed by atoms with Gasteiger partial charge in [0.1, 0.15) is 0 Å². The molecule has 0 spiro atoms. The minimum atomic E-state index is -3.45. The van der Waals surface area contributed by atoms with Gasteiger partial charge in [-0.15, -0.1) is 0 Å². The van der Waals surface area contributed by atoms with Crippen molar-refractivity contribution in [3.8, 4) is 0 Å². The predicted molar refractivity (Wildman–Crippen MR) is 102 cm³/mol. The molecule has 2 aromatic rings. The summed E-state index contributed by atoms with van der Waals surface area (Å²) < 4.78 is 25.8. The Morgan fingerprint density at radius 1 is 1.04 bits per heavy atom. The Hall–Kier alpha value is -2.34. The van der Waals surface area contributed by atoms with Gasteiger partial charge in [-0.05, 0) is 44.0 Å². The smallest absolute Gasteiger partial charge is 0.251 e. The lowest BCUT2D eigenvalue weighted by Crippen LogP contribution is -2.38. The second kappa shape index (κ2) is 7.70. The third kappa shape index (κ3) is 4.82. The average Bonchev–Trinajstić information content (AvgIpc) is 2.52. The molecule has 6 heteroatoms. The van der Waals surface area contributed by atoms with Crippen molar-refractivity contribution in [2.75, 3.05) is 23.7 Å². The Kier molecular flexibility index (Phi) is 5.85. The summed E-state index contributed by atoms with van der Waals surface area (Å²) in [4.78, 5) is 12.2. The number of carbonyl (C=O) groups is 1. The van der Waals surface area contributed by atoms with Crippen LogP contribution in [0.4, 0.5) is 5.69 Å². The van der Waals surface area contributed by atoms with Gasteiger partial charge >= 0.3 is 0 Å². The molecule has 0 fully saturated rings. The fourth-order valence-corrected chi connectivity index (χ4v) is 3.84. The first-order valence-electron chi connectivity index (χ1n) is 8.09. The lowest BCUT2D eigenvalue weighted by atomic mass is 10.1. The number of nitrogens with one attached hydrogen (secondary N) is 1. The molecular weight excluding hydrogens is 336 g/mol. The van der Waals surface area contributed by atoms with Crippen molar-refractivity contribution in [2.45, 2.75) is 20.8 Å². The normalized spacial score (nSPS) is 11.2. The highest BCUT2D eigenvalue weighted by molar-refractivity contribution is 7.92. The second-order valence-electron chi connectivity index (χ2n) is 6.20. The molecule has 0 aliphatic heterocycles. The van der Waals surface area contributed by atoms with Crippen LogP contribution in [0, 0.1) is 20.8 Å². The third-order valence-corrected chi connectivity index (χ3v) is 5.14. The van der Waals surface area contributed by atoms with Crippen LogP contribution in [0.5, 0.6) is 0 Å². The SMILES string of the molecule is Cc1cccc(C(=O)NCCN(c2c(C)cccc2C)S(C)(=O)=O)c1. The lowest BCUT2D eigenvalue weighted by molar-refractivity contribution is 0.0954. The zero-order valence-corrected chi connectivity index (χ0v) is 15.9. The van der Waals surface area contributed by atoms with Crippen molar-refractivity contribution in [1.29, 1.82) is 0 Å². The maximum absolute atomic E-state index is 12.2. The van der Waals surface area contributed by atoms with Crippen molar-refractivity contribution in [3.63, 3.8) is 0 Å². The van der Waals surface area contributed by atoms with E-state index in [-0.39, 0.29) is 19.0 Å². The van der Waals surface area contributed by atoms with E-state index in [2.05, 4.69) is 5.32 Å². The van der Waals surface area contributed by atoms with Crippen LogP contribution in [-0.2, 0) is 10.0 Å². The van der Waals surface area contributed by atoms with Gasteiger partial charge in [0.25, 0.3) is 5.91 Å². The van der Waals surface area contributed by atoms with Crippen LogP contribution in [0.1, 0.15) is 27.0 Å². The van der Waals surface area contributed by atoms with Crippen LogP contribution in [0.3, 0.4) is 0 Å². The van der Waals surface area contributed by atoms with Crippen LogP contribution in [0.25, 0.3) is 0 Å². The van der Waals surface area contributed by atoms with Gasteiger partial charge in [0.05, 0.1) is 18.5 Å². The van der Waals surface area contributed by atoms with Crippen LogP contribution >= 0.6 is 0 Å². The Morgan fingerprint density at radius 2 is 1.64 bits per heavy atom. The van der Waals surface area contributed by atoms with Crippen LogP contribution in [0.15, 0.2) is 42.5 Å². The Balaban J connectivity index is 2.13. The van der Waals surface area contributed by atoms with E-state index in [1.165, 1.54) is 10.6 Å². The molecule has 0 aliphatic rings. The highest BCUT2D eigenvalue weighted by Gasteiger charge is 2.21. The minimum Gasteiger partial charge on any atom is -0.350 e. The molecule has 1 amide bonds. The molecule has 25 heavy (non-hydrogen) atoms. The molecule has 0 heterocycles. The average molecular weight is 360 g/mol. The summed E-state index contributed by atoms with van der Waals surface area (Å²) in [7, 11) is -3.45. The predicted octanol–water partition coefficient (Wildman–Crippen LogP) is 2.81. The molecule has 0 saturated carbocycles.